The fourth-order valence-electron chi connectivity index (χ4n) is 2.64. The van der Waals surface area contributed by atoms with E-state index in [1.54, 1.807) is 54.5 Å². The zero-order chi connectivity index (χ0) is 19.6. The highest BCUT2D eigenvalue weighted by molar-refractivity contribution is 6.06. The van der Waals surface area contributed by atoms with Crippen molar-refractivity contribution in [1.82, 2.24) is 4.90 Å². The van der Waals surface area contributed by atoms with Crippen molar-refractivity contribution in [3.8, 4) is 5.75 Å². The quantitative estimate of drug-likeness (QED) is 0.687. The monoisotopic (exact) mass is 370 g/mol. The molecule has 6 heteroatoms. The number of ether oxygens (including phenoxy) is 2. The Morgan fingerprint density at radius 1 is 1.00 bits per heavy atom. The van der Waals surface area contributed by atoms with E-state index < -0.39 is 0 Å². The molecule has 0 heterocycles. The van der Waals surface area contributed by atoms with Crippen LogP contribution in [-0.4, -0.2) is 50.1 Å². The van der Waals surface area contributed by atoms with Crippen molar-refractivity contribution >= 4 is 17.5 Å². The molecule has 144 valence electrons. The summed E-state index contributed by atoms with van der Waals surface area (Å²) >= 11 is 0. The van der Waals surface area contributed by atoms with E-state index in [0.29, 0.717) is 48.9 Å². The van der Waals surface area contributed by atoms with Gasteiger partial charge >= 0.3 is 0 Å². The summed E-state index contributed by atoms with van der Waals surface area (Å²) in [5.74, 6) is 0.136. The number of nitrogens with zero attached hydrogens (tertiary/aromatic N) is 1. The van der Waals surface area contributed by atoms with Crippen LogP contribution < -0.4 is 10.1 Å². The van der Waals surface area contributed by atoms with Gasteiger partial charge in [0.25, 0.3) is 11.8 Å². The van der Waals surface area contributed by atoms with E-state index in [4.69, 9.17) is 9.47 Å². The smallest absolute Gasteiger partial charge is 0.259 e. The molecule has 0 fully saturated rings. The predicted molar refractivity (Wildman–Crippen MR) is 105 cm³/mol. The Labute approximate surface area is 160 Å². The van der Waals surface area contributed by atoms with Crippen LogP contribution in [0, 0.1) is 0 Å². The lowest BCUT2D eigenvalue weighted by molar-refractivity contribution is 0.0772. The van der Waals surface area contributed by atoms with E-state index in [1.807, 2.05) is 19.9 Å². The van der Waals surface area contributed by atoms with Crippen LogP contribution in [0.1, 0.15) is 34.6 Å². The molecular weight excluding hydrogens is 344 g/mol. The maximum absolute atomic E-state index is 12.7. The Morgan fingerprint density at radius 3 is 2.44 bits per heavy atom. The van der Waals surface area contributed by atoms with Crippen LogP contribution >= 0.6 is 0 Å². The van der Waals surface area contributed by atoms with Crippen LogP contribution in [0.25, 0.3) is 0 Å². The lowest BCUT2D eigenvalue weighted by atomic mass is 10.1. The van der Waals surface area contributed by atoms with Crippen LogP contribution in [0.2, 0.25) is 0 Å². The van der Waals surface area contributed by atoms with E-state index in [2.05, 4.69) is 5.32 Å². The van der Waals surface area contributed by atoms with Crippen molar-refractivity contribution in [3.63, 3.8) is 0 Å². The minimum absolute atomic E-state index is 0.0561. The van der Waals surface area contributed by atoms with E-state index in [9.17, 15) is 9.59 Å². The Balaban J connectivity index is 2.15. The summed E-state index contributed by atoms with van der Waals surface area (Å²) in [5, 5.41) is 2.84. The first-order valence-electron chi connectivity index (χ1n) is 9.02. The molecule has 0 aliphatic rings. The summed E-state index contributed by atoms with van der Waals surface area (Å²) in [7, 11) is 1.59. The van der Waals surface area contributed by atoms with Crippen LogP contribution in [-0.2, 0) is 4.74 Å². The second-order valence-corrected chi connectivity index (χ2v) is 5.85. The van der Waals surface area contributed by atoms with Crippen LogP contribution in [0.5, 0.6) is 5.75 Å². The molecule has 0 spiro atoms. The third kappa shape index (κ3) is 5.56. The van der Waals surface area contributed by atoms with Gasteiger partial charge in [-0.1, -0.05) is 18.2 Å². The molecule has 1 N–H and O–H groups in total. The average molecular weight is 370 g/mol. The Hall–Kier alpha value is -2.86. The highest BCUT2D eigenvalue weighted by atomic mass is 16.5. The number of hydrogen-bond acceptors (Lipinski definition) is 4. The standard InChI is InChI=1S/C21H26N2O4/c1-4-23(5-2)21(25)16-9-8-10-17(15-16)22-20(24)18-11-6-7-12-19(18)27-14-13-26-3/h6-12,15H,4-5,13-14H2,1-3H3,(H,22,24). The zero-order valence-electron chi connectivity index (χ0n) is 16.0. The van der Waals surface area contributed by atoms with Crippen LogP contribution in [0.4, 0.5) is 5.69 Å². The summed E-state index contributed by atoms with van der Waals surface area (Å²) < 4.78 is 10.6. The number of methoxy groups -OCH3 is 1. The minimum atomic E-state index is -0.296. The molecule has 0 atom stereocenters. The molecule has 0 aliphatic carbocycles. The lowest BCUT2D eigenvalue weighted by Gasteiger charge is -2.19. The number of benzene rings is 2. The number of para-hydroxylation sites is 1. The second-order valence-electron chi connectivity index (χ2n) is 5.85. The first-order valence-corrected chi connectivity index (χ1v) is 9.02. The molecule has 2 amide bonds. The number of rotatable bonds is 9. The van der Waals surface area contributed by atoms with Gasteiger partial charge in [-0.05, 0) is 44.2 Å². The summed E-state index contributed by atoms with van der Waals surface area (Å²) in [6.45, 7) is 5.94. The summed E-state index contributed by atoms with van der Waals surface area (Å²) in [5.41, 5.74) is 1.53. The molecule has 2 aromatic carbocycles. The van der Waals surface area contributed by atoms with Crippen molar-refractivity contribution in [2.45, 2.75) is 13.8 Å². The molecule has 2 aromatic rings. The maximum Gasteiger partial charge on any atom is 0.259 e. The first-order chi connectivity index (χ1) is 13.1. The summed E-state index contributed by atoms with van der Waals surface area (Å²) in [4.78, 5) is 26.9. The van der Waals surface area contributed by atoms with Crippen molar-refractivity contribution in [2.75, 3.05) is 38.7 Å². The second kappa shape index (κ2) is 10.3. The lowest BCUT2D eigenvalue weighted by Crippen LogP contribution is -2.30. The van der Waals surface area contributed by atoms with Crippen LogP contribution in [0.15, 0.2) is 48.5 Å². The molecule has 0 bridgehead atoms. The fourth-order valence-corrected chi connectivity index (χ4v) is 2.64. The number of carbonyl (C=O) groups excluding carboxylic acids is 2. The van der Waals surface area contributed by atoms with Crippen molar-refractivity contribution in [2.24, 2.45) is 0 Å². The van der Waals surface area contributed by atoms with Gasteiger partial charge in [0.15, 0.2) is 0 Å². The van der Waals surface area contributed by atoms with E-state index >= 15 is 0 Å². The first kappa shape index (κ1) is 20.5. The topological polar surface area (TPSA) is 67.9 Å². The van der Waals surface area contributed by atoms with Gasteiger partial charge < -0.3 is 19.7 Å². The maximum atomic E-state index is 12.7. The molecule has 0 unspecified atom stereocenters. The van der Waals surface area contributed by atoms with Gasteiger partial charge in [0.1, 0.15) is 12.4 Å². The SMILES string of the molecule is CCN(CC)C(=O)c1cccc(NC(=O)c2ccccc2OCCOC)c1. The normalized spacial score (nSPS) is 10.3. The number of hydrogen-bond donors (Lipinski definition) is 1. The minimum Gasteiger partial charge on any atom is -0.490 e. The fraction of sp³-hybridized carbons (Fsp3) is 0.333. The molecule has 0 radical (unpaired) electrons. The molecule has 27 heavy (non-hydrogen) atoms. The van der Waals surface area contributed by atoms with Crippen molar-refractivity contribution < 1.29 is 19.1 Å². The van der Waals surface area contributed by atoms with E-state index in [-0.39, 0.29) is 11.8 Å². The highest BCUT2D eigenvalue weighted by Crippen LogP contribution is 2.20. The van der Waals surface area contributed by atoms with E-state index in [1.165, 1.54) is 0 Å². The zero-order valence-corrected chi connectivity index (χ0v) is 16.0. The molecule has 0 saturated heterocycles. The number of nitrogens with one attached hydrogen (secondary N) is 1. The largest absolute Gasteiger partial charge is 0.490 e. The molecule has 2 rings (SSSR count). The molecule has 0 aliphatic heterocycles. The van der Waals surface area contributed by atoms with Gasteiger partial charge in [-0.25, -0.2) is 0 Å². The van der Waals surface area contributed by atoms with Crippen molar-refractivity contribution in [3.05, 3.63) is 59.7 Å². The van der Waals surface area contributed by atoms with Crippen LogP contribution in [0.3, 0.4) is 0 Å². The van der Waals surface area contributed by atoms with Crippen molar-refractivity contribution in [1.29, 1.82) is 0 Å². The van der Waals surface area contributed by atoms with Gasteiger partial charge in [0, 0.05) is 31.5 Å². The number of anilines is 1. The Kier molecular flexibility index (Phi) is 7.82. The van der Waals surface area contributed by atoms with E-state index in [0.717, 1.165) is 0 Å². The highest BCUT2D eigenvalue weighted by Gasteiger charge is 2.15. The summed E-state index contributed by atoms with van der Waals surface area (Å²) in [6, 6.07) is 14.0. The Morgan fingerprint density at radius 2 is 1.74 bits per heavy atom. The number of amides is 2. The summed E-state index contributed by atoms with van der Waals surface area (Å²) in [6.07, 6.45) is 0. The average Bonchev–Trinajstić information content (AvgIpc) is 2.69. The molecule has 0 saturated carbocycles. The van der Waals surface area contributed by atoms with Gasteiger partial charge in [-0.15, -0.1) is 0 Å². The molecular formula is C21H26N2O4. The molecule has 6 nitrogen and oxygen atoms in total. The number of carbonyl (C=O) groups is 2. The van der Waals surface area contributed by atoms with Gasteiger partial charge in [0.2, 0.25) is 0 Å². The third-order valence-corrected chi connectivity index (χ3v) is 4.09. The van der Waals surface area contributed by atoms with Gasteiger partial charge in [-0.2, -0.15) is 0 Å². The van der Waals surface area contributed by atoms with Gasteiger partial charge in [-0.3, -0.25) is 9.59 Å². The predicted octanol–water partition coefficient (Wildman–Crippen LogP) is 3.45. The molecule has 0 aromatic heterocycles. The Bertz CT molecular complexity index is 772. The van der Waals surface area contributed by atoms with Gasteiger partial charge in [0.05, 0.1) is 12.2 Å². The third-order valence-electron chi connectivity index (χ3n) is 4.09.